The van der Waals surface area contributed by atoms with Gasteiger partial charge in [-0.1, -0.05) is 13.8 Å². The summed E-state index contributed by atoms with van der Waals surface area (Å²) in [5.41, 5.74) is 0.359. The largest absolute Gasteiger partial charge is 0.369 e. The molecule has 106 valence electrons. The van der Waals surface area contributed by atoms with E-state index in [9.17, 15) is 4.79 Å². The molecule has 0 aliphatic rings. The zero-order valence-corrected chi connectivity index (χ0v) is 12.2. The van der Waals surface area contributed by atoms with E-state index in [2.05, 4.69) is 34.4 Å². The van der Waals surface area contributed by atoms with Crippen LogP contribution in [0, 0.1) is 5.92 Å². The maximum atomic E-state index is 11.9. The maximum Gasteiger partial charge on any atom is 0.271 e. The molecule has 1 rings (SSSR count). The highest BCUT2D eigenvalue weighted by molar-refractivity contribution is 5.92. The first-order chi connectivity index (χ1) is 9.02. The highest BCUT2D eigenvalue weighted by Gasteiger charge is 2.11. The second kappa shape index (κ2) is 7.71. The van der Waals surface area contributed by atoms with Crippen LogP contribution in [0.1, 0.15) is 51.0 Å². The summed E-state index contributed by atoms with van der Waals surface area (Å²) in [6.07, 6.45) is 5.17. The number of nitrogens with zero attached hydrogens (tertiary/aromatic N) is 2. The summed E-state index contributed by atoms with van der Waals surface area (Å²) in [6, 6.07) is 0.158. The van der Waals surface area contributed by atoms with Gasteiger partial charge in [0.2, 0.25) is 0 Å². The molecule has 0 aliphatic carbocycles. The van der Waals surface area contributed by atoms with Crippen molar-refractivity contribution in [2.24, 2.45) is 5.92 Å². The predicted octanol–water partition coefficient (Wildman–Crippen LogP) is 2.46. The summed E-state index contributed by atoms with van der Waals surface area (Å²) in [4.78, 5) is 20.2. The number of rotatable bonds is 7. The first-order valence-electron chi connectivity index (χ1n) is 6.89. The van der Waals surface area contributed by atoms with Gasteiger partial charge in [-0.3, -0.25) is 4.79 Å². The number of hydrogen-bond acceptors (Lipinski definition) is 4. The smallest absolute Gasteiger partial charge is 0.271 e. The number of aromatic nitrogens is 2. The van der Waals surface area contributed by atoms with Gasteiger partial charge >= 0.3 is 0 Å². The quantitative estimate of drug-likeness (QED) is 0.794. The SMILES string of the molecule is CCNc1cnc(C(=O)NC(C)CCC(C)C)cn1. The molecule has 19 heavy (non-hydrogen) atoms. The second-order valence-electron chi connectivity index (χ2n) is 5.16. The molecule has 0 aromatic carbocycles. The van der Waals surface area contributed by atoms with Crippen LogP contribution in [0.15, 0.2) is 12.4 Å². The Balaban J connectivity index is 2.48. The van der Waals surface area contributed by atoms with E-state index in [0.717, 1.165) is 19.4 Å². The molecule has 1 heterocycles. The van der Waals surface area contributed by atoms with Crippen LogP contribution in [0.25, 0.3) is 0 Å². The van der Waals surface area contributed by atoms with Gasteiger partial charge in [0.05, 0.1) is 12.4 Å². The van der Waals surface area contributed by atoms with E-state index in [1.165, 1.54) is 6.20 Å². The Morgan fingerprint density at radius 3 is 2.47 bits per heavy atom. The number of amides is 1. The van der Waals surface area contributed by atoms with Crippen molar-refractivity contribution in [3.8, 4) is 0 Å². The molecule has 5 nitrogen and oxygen atoms in total. The average molecular weight is 264 g/mol. The zero-order valence-electron chi connectivity index (χ0n) is 12.2. The molecule has 0 aliphatic heterocycles. The minimum atomic E-state index is -0.160. The van der Waals surface area contributed by atoms with E-state index >= 15 is 0 Å². The van der Waals surface area contributed by atoms with Crippen molar-refractivity contribution in [3.63, 3.8) is 0 Å². The van der Waals surface area contributed by atoms with Crippen LogP contribution in [0.4, 0.5) is 5.82 Å². The molecule has 1 aromatic heterocycles. The van der Waals surface area contributed by atoms with Crippen LogP contribution in [-0.2, 0) is 0 Å². The normalized spacial score (nSPS) is 12.3. The van der Waals surface area contributed by atoms with Gasteiger partial charge in [-0.05, 0) is 32.6 Å². The summed E-state index contributed by atoms with van der Waals surface area (Å²) < 4.78 is 0. The molecule has 0 saturated carbocycles. The lowest BCUT2D eigenvalue weighted by Gasteiger charge is -2.14. The fraction of sp³-hybridized carbons (Fsp3) is 0.643. The van der Waals surface area contributed by atoms with E-state index in [0.29, 0.717) is 17.4 Å². The molecular formula is C14H24N4O. The van der Waals surface area contributed by atoms with Crippen LogP contribution in [0.3, 0.4) is 0 Å². The fourth-order valence-corrected chi connectivity index (χ4v) is 1.67. The molecule has 0 fully saturated rings. The van der Waals surface area contributed by atoms with Crippen LogP contribution >= 0.6 is 0 Å². The summed E-state index contributed by atoms with van der Waals surface area (Å²) >= 11 is 0. The lowest BCUT2D eigenvalue weighted by molar-refractivity contribution is 0.0932. The van der Waals surface area contributed by atoms with Gasteiger partial charge in [0.25, 0.3) is 5.91 Å². The number of carbonyl (C=O) groups excluding carboxylic acids is 1. The number of anilines is 1. The molecule has 0 bridgehead atoms. The molecular weight excluding hydrogens is 240 g/mol. The third-order valence-electron chi connectivity index (χ3n) is 2.80. The minimum Gasteiger partial charge on any atom is -0.369 e. The van der Waals surface area contributed by atoms with Gasteiger partial charge in [-0.2, -0.15) is 0 Å². The van der Waals surface area contributed by atoms with E-state index in [1.54, 1.807) is 6.20 Å². The average Bonchev–Trinajstić information content (AvgIpc) is 2.37. The van der Waals surface area contributed by atoms with Crippen LogP contribution in [-0.4, -0.2) is 28.5 Å². The van der Waals surface area contributed by atoms with Crippen molar-refractivity contribution >= 4 is 11.7 Å². The first kappa shape index (κ1) is 15.4. The number of nitrogens with one attached hydrogen (secondary N) is 2. The second-order valence-corrected chi connectivity index (χ2v) is 5.16. The molecule has 0 saturated heterocycles. The fourth-order valence-electron chi connectivity index (χ4n) is 1.67. The van der Waals surface area contributed by atoms with E-state index in [1.807, 2.05) is 13.8 Å². The van der Waals surface area contributed by atoms with Crippen LogP contribution < -0.4 is 10.6 Å². The van der Waals surface area contributed by atoms with Crippen LogP contribution in [0.2, 0.25) is 0 Å². The van der Waals surface area contributed by atoms with Crippen molar-refractivity contribution in [2.75, 3.05) is 11.9 Å². The Labute approximate surface area is 115 Å². The van der Waals surface area contributed by atoms with Gasteiger partial charge in [-0.25, -0.2) is 9.97 Å². The minimum absolute atomic E-state index is 0.158. The van der Waals surface area contributed by atoms with E-state index in [-0.39, 0.29) is 11.9 Å². The summed E-state index contributed by atoms with van der Waals surface area (Å²) in [5, 5.41) is 5.98. The Morgan fingerprint density at radius 1 is 1.21 bits per heavy atom. The van der Waals surface area contributed by atoms with Crippen molar-refractivity contribution in [1.82, 2.24) is 15.3 Å². The Morgan fingerprint density at radius 2 is 1.95 bits per heavy atom. The maximum absolute atomic E-state index is 11.9. The topological polar surface area (TPSA) is 66.9 Å². The summed E-state index contributed by atoms with van der Waals surface area (Å²) in [7, 11) is 0. The van der Waals surface area contributed by atoms with Crippen LogP contribution in [0.5, 0.6) is 0 Å². The Hall–Kier alpha value is -1.65. The van der Waals surface area contributed by atoms with Crippen molar-refractivity contribution in [2.45, 2.75) is 46.6 Å². The molecule has 5 heteroatoms. The molecule has 1 amide bonds. The Kier molecular flexibility index (Phi) is 6.25. The molecule has 1 atom stereocenters. The molecule has 1 unspecified atom stereocenters. The van der Waals surface area contributed by atoms with E-state index in [4.69, 9.17) is 0 Å². The highest BCUT2D eigenvalue weighted by Crippen LogP contribution is 2.07. The zero-order chi connectivity index (χ0) is 14.3. The first-order valence-corrected chi connectivity index (χ1v) is 6.89. The van der Waals surface area contributed by atoms with Gasteiger partial charge in [-0.15, -0.1) is 0 Å². The molecule has 2 N–H and O–H groups in total. The monoisotopic (exact) mass is 264 g/mol. The van der Waals surface area contributed by atoms with Crippen molar-refractivity contribution in [3.05, 3.63) is 18.1 Å². The predicted molar refractivity (Wildman–Crippen MR) is 77.2 cm³/mol. The number of hydrogen-bond donors (Lipinski definition) is 2. The number of carbonyl (C=O) groups is 1. The third-order valence-corrected chi connectivity index (χ3v) is 2.80. The summed E-state index contributed by atoms with van der Waals surface area (Å²) in [6.45, 7) is 9.14. The van der Waals surface area contributed by atoms with E-state index < -0.39 is 0 Å². The van der Waals surface area contributed by atoms with Gasteiger partial charge in [0, 0.05) is 12.6 Å². The standard InChI is InChI=1S/C14H24N4O/c1-5-15-13-9-16-12(8-17-13)14(19)18-11(4)7-6-10(2)3/h8-11H,5-7H2,1-4H3,(H,15,17)(H,18,19). The molecule has 1 aromatic rings. The molecule has 0 radical (unpaired) electrons. The third kappa shape index (κ3) is 5.68. The van der Waals surface area contributed by atoms with Gasteiger partial charge in [0.1, 0.15) is 11.5 Å². The van der Waals surface area contributed by atoms with Crippen molar-refractivity contribution in [1.29, 1.82) is 0 Å². The lowest BCUT2D eigenvalue weighted by Crippen LogP contribution is -2.33. The Bertz CT molecular complexity index is 389. The van der Waals surface area contributed by atoms with Crippen molar-refractivity contribution < 1.29 is 4.79 Å². The highest BCUT2D eigenvalue weighted by atomic mass is 16.1. The van der Waals surface area contributed by atoms with Gasteiger partial charge < -0.3 is 10.6 Å². The summed E-state index contributed by atoms with van der Waals surface area (Å²) in [5.74, 6) is 1.18. The van der Waals surface area contributed by atoms with Gasteiger partial charge in [0.15, 0.2) is 0 Å². The lowest BCUT2D eigenvalue weighted by atomic mass is 10.0. The molecule has 0 spiro atoms.